The third-order valence-corrected chi connectivity index (χ3v) is 5.95. The molecule has 5 heterocycles. The van der Waals surface area contributed by atoms with Gasteiger partial charge in [-0.2, -0.15) is 0 Å². The van der Waals surface area contributed by atoms with E-state index >= 15 is 0 Å². The first-order chi connectivity index (χ1) is 12.1. The Morgan fingerprint density at radius 1 is 1.28 bits per heavy atom. The predicted octanol–water partition coefficient (Wildman–Crippen LogP) is 3.45. The van der Waals surface area contributed by atoms with Gasteiger partial charge in [-0.25, -0.2) is 14.4 Å². The summed E-state index contributed by atoms with van der Waals surface area (Å²) in [5.41, 5.74) is 2.85. The van der Waals surface area contributed by atoms with E-state index in [4.69, 9.17) is 16.4 Å². The van der Waals surface area contributed by atoms with Gasteiger partial charge in [0.2, 0.25) is 0 Å². The van der Waals surface area contributed by atoms with Gasteiger partial charge >= 0.3 is 0 Å². The van der Waals surface area contributed by atoms with Crippen LogP contribution in [0.3, 0.4) is 0 Å². The zero-order chi connectivity index (χ0) is 17.0. The number of nitrogens with zero attached hydrogens (tertiary/aromatic N) is 3. The Morgan fingerprint density at radius 2 is 2.12 bits per heavy atom. The summed E-state index contributed by atoms with van der Waals surface area (Å²) in [6.07, 6.45) is 4.80. The molecular weight excluding hydrogens is 343 g/mol. The lowest BCUT2D eigenvalue weighted by molar-refractivity contribution is -0.150. The van der Waals surface area contributed by atoms with Crippen LogP contribution in [0.15, 0.2) is 29.4 Å². The molecule has 130 valence electrons. The third-order valence-electron chi connectivity index (χ3n) is 5.66. The van der Waals surface area contributed by atoms with E-state index in [1.807, 2.05) is 0 Å². The highest BCUT2D eigenvalue weighted by molar-refractivity contribution is 6.31. The summed E-state index contributed by atoms with van der Waals surface area (Å²) in [4.78, 5) is 17.4. The summed E-state index contributed by atoms with van der Waals surface area (Å²) in [6, 6.07) is 4.76. The normalized spacial score (nSPS) is 32.6. The van der Waals surface area contributed by atoms with Crippen LogP contribution in [0.1, 0.15) is 19.3 Å². The molecule has 0 radical (unpaired) electrons. The predicted molar refractivity (Wildman–Crippen MR) is 94.5 cm³/mol. The molecule has 5 nitrogen and oxygen atoms in total. The van der Waals surface area contributed by atoms with Crippen molar-refractivity contribution in [1.82, 2.24) is 15.4 Å². The fraction of sp³-hybridized carbons (Fsp3) is 0.444. The molecule has 1 N–H and O–H groups in total. The Balaban J connectivity index is 1.43. The Morgan fingerprint density at radius 3 is 2.88 bits per heavy atom. The number of amidine groups is 1. The van der Waals surface area contributed by atoms with Crippen LogP contribution in [0.2, 0.25) is 5.02 Å². The summed E-state index contributed by atoms with van der Waals surface area (Å²) in [5.74, 6) is 1.47. The molecule has 4 aliphatic rings. The number of aliphatic imine (C=N–C) groups is 1. The maximum atomic E-state index is 13.7. The molecule has 0 saturated carbocycles. The van der Waals surface area contributed by atoms with Gasteiger partial charge in [-0.3, -0.25) is 10.3 Å². The second-order valence-electron chi connectivity index (χ2n) is 7.21. The van der Waals surface area contributed by atoms with Gasteiger partial charge in [0.1, 0.15) is 17.3 Å². The Bertz CT molecular complexity index is 881. The number of fused-ring (bicyclic) bond motifs is 3. The Hall–Kier alpha value is -1.76. The molecule has 2 bridgehead atoms. The largest absolute Gasteiger partial charge is 0.300 e. The van der Waals surface area contributed by atoms with Crippen molar-refractivity contribution in [3.63, 3.8) is 0 Å². The van der Waals surface area contributed by atoms with Crippen molar-refractivity contribution in [3.8, 4) is 0 Å². The number of rotatable bonds is 1. The van der Waals surface area contributed by atoms with E-state index in [1.54, 1.807) is 18.3 Å². The lowest BCUT2D eigenvalue weighted by atomic mass is 9.74. The van der Waals surface area contributed by atoms with Gasteiger partial charge in [-0.15, -0.1) is 0 Å². The summed E-state index contributed by atoms with van der Waals surface area (Å²) >= 11 is 5.82. The number of hydrogen-bond acceptors (Lipinski definition) is 4. The molecule has 1 unspecified atom stereocenters. The molecule has 7 heteroatoms. The van der Waals surface area contributed by atoms with Gasteiger partial charge in [-0.1, -0.05) is 11.6 Å². The van der Waals surface area contributed by atoms with Crippen LogP contribution in [-0.2, 0) is 4.84 Å². The highest BCUT2D eigenvalue weighted by Gasteiger charge is 2.52. The molecule has 4 saturated heterocycles. The molecule has 6 rings (SSSR count). The molecular formula is C18H18ClFN4O. The lowest BCUT2D eigenvalue weighted by Gasteiger charge is -2.49. The number of piperidine rings is 3. The number of pyridine rings is 1. The van der Waals surface area contributed by atoms with Crippen LogP contribution in [0.5, 0.6) is 0 Å². The van der Waals surface area contributed by atoms with Gasteiger partial charge in [0.05, 0.1) is 5.02 Å². The fourth-order valence-electron chi connectivity index (χ4n) is 4.34. The summed E-state index contributed by atoms with van der Waals surface area (Å²) in [5, 5.41) is 1.62. The number of nitrogens with one attached hydrogen (secondary N) is 1. The number of hydroxylamine groups is 1. The average Bonchev–Trinajstić information content (AvgIpc) is 2.99. The Labute approximate surface area is 149 Å². The molecule has 0 amide bonds. The van der Waals surface area contributed by atoms with Crippen LogP contribution in [0, 0.1) is 11.7 Å². The first-order valence-electron chi connectivity index (χ1n) is 8.60. The quantitative estimate of drug-likeness (QED) is 0.846. The minimum absolute atomic E-state index is 0.100. The van der Waals surface area contributed by atoms with Gasteiger partial charge in [-0.05, 0) is 55.4 Å². The lowest BCUT2D eigenvalue weighted by Crippen LogP contribution is -2.59. The molecule has 25 heavy (non-hydrogen) atoms. The van der Waals surface area contributed by atoms with Crippen molar-refractivity contribution >= 4 is 34.0 Å². The van der Waals surface area contributed by atoms with E-state index in [-0.39, 0.29) is 10.6 Å². The SMILES string of the molecule is Fc1cc2cc(/N=C3/CC4(CN5CCC4CC5)ON3)ncc2cc1Cl. The van der Waals surface area contributed by atoms with E-state index in [2.05, 4.69) is 20.4 Å². The van der Waals surface area contributed by atoms with E-state index in [0.29, 0.717) is 11.7 Å². The van der Waals surface area contributed by atoms with Crippen LogP contribution < -0.4 is 5.48 Å². The number of aromatic nitrogens is 1. The first kappa shape index (κ1) is 15.5. The van der Waals surface area contributed by atoms with Crippen molar-refractivity contribution < 1.29 is 9.23 Å². The molecule has 1 aromatic carbocycles. The molecule has 4 aliphatic heterocycles. The molecule has 1 spiro atoms. The highest BCUT2D eigenvalue weighted by atomic mass is 35.5. The van der Waals surface area contributed by atoms with Crippen LogP contribution in [0.4, 0.5) is 10.2 Å². The van der Waals surface area contributed by atoms with Crippen LogP contribution in [-0.4, -0.2) is 41.0 Å². The standard InChI is InChI=1S/C18H18ClFN4O/c19-14-5-12-9-21-16(7-11(12)6-15(14)20)22-17-8-18(25-23-17)10-24-3-1-13(18)2-4-24/h5-7,9,13H,1-4,8,10H2,(H,21,22,23). The molecule has 0 aliphatic carbocycles. The monoisotopic (exact) mass is 360 g/mol. The smallest absolute Gasteiger partial charge is 0.154 e. The maximum Gasteiger partial charge on any atom is 0.154 e. The van der Waals surface area contributed by atoms with Gasteiger partial charge in [0.25, 0.3) is 0 Å². The first-order valence-corrected chi connectivity index (χ1v) is 8.98. The number of hydrogen-bond donors (Lipinski definition) is 1. The van der Waals surface area contributed by atoms with Gasteiger partial charge in [0, 0.05) is 24.5 Å². The zero-order valence-corrected chi connectivity index (χ0v) is 14.4. The Kier molecular flexibility index (Phi) is 3.48. The van der Waals surface area contributed by atoms with Crippen LogP contribution >= 0.6 is 11.6 Å². The zero-order valence-electron chi connectivity index (χ0n) is 13.6. The number of benzene rings is 1. The second-order valence-corrected chi connectivity index (χ2v) is 7.62. The topological polar surface area (TPSA) is 49.8 Å². The van der Waals surface area contributed by atoms with E-state index in [0.717, 1.165) is 29.6 Å². The van der Waals surface area contributed by atoms with Gasteiger partial charge in [0.15, 0.2) is 5.82 Å². The highest BCUT2D eigenvalue weighted by Crippen LogP contribution is 2.42. The van der Waals surface area contributed by atoms with Crippen LogP contribution in [0.25, 0.3) is 10.8 Å². The molecule has 1 aromatic heterocycles. The third kappa shape index (κ3) is 2.60. The van der Waals surface area contributed by atoms with Gasteiger partial charge < -0.3 is 4.90 Å². The van der Waals surface area contributed by atoms with Crippen molar-refractivity contribution in [3.05, 3.63) is 35.2 Å². The average molecular weight is 361 g/mol. The minimum atomic E-state index is -0.437. The maximum absolute atomic E-state index is 13.7. The molecule has 4 fully saturated rings. The summed E-state index contributed by atoms with van der Waals surface area (Å²) in [6.45, 7) is 3.30. The van der Waals surface area contributed by atoms with E-state index in [1.165, 1.54) is 32.0 Å². The molecule has 1 atom stereocenters. The summed E-state index contributed by atoms with van der Waals surface area (Å²) in [7, 11) is 0. The molecule has 2 aromatic rings. The van der Waals surface area contributed by atoms with Crippen molar-refractivity contribution in [2.75, 3.05) is 19.6 Å². The van der Waals surface area contributed by atoms with E-state index in [9.17, 15) is 4.39 Å². The van der Waals surface area contributed by atoms with Crippen molar-refractivity contribution in [1.29, 1.82) is 0 Å². The summed E-state index contributed by atoms with van der Waals surface area (Å²) < 4.78 is 13.7. The van der Waals surface area contributed by atoms with E-state index < -0.39 is 5.82 Å². The minimum Gasteiger partial charge on any atom is -0.300 e. The number of halogens is 2. The van der Waals surface area contributed by atoms with Crippen molar-refractivity contribution in [2.24, 2.45) is 10.9 Å². The fourth-order valence-corrected chi connectivity index (χ4v) is 4.52. The second kappa shape index (κ2) is 5.62. The van der Waals surface area contributed by atoms with Crippen molar-refractivity contribution in [2.45, 2.75) is 24.9 Å².